The first-order chi connectivity index (χ1) is 17.9. The summed E-state index contributed by atoms with van der Waals surface area (Å²) in [6, 6.07) is 20.9. The molecule has 0 radical (unpaired) electrons. The van der Waals surface area contributed by atoms with E-state index in [0.29, 0.717) is 17.2 Å². The van der Waals surface area contributed by atoms with Crippen LogP contribution in [0.2, 0.25) is 0 Å². The lowest BCUT2D eigenvalue weighted by Gasteiger charge is -2.33. The van der Waals surface area contributed by atoms with Gasteiger partial charge in [-0.25, -0.2) is 16.8 Å². The quantitative estimate of drug-likeness (QED) is 0.345. The number of nitrogens with zero attached hydrogens (tertiary/aromatic N) is 1. The Morgan fingerprint density at radius 2 is 1.53 bits per heavy atom. The Morgan fingerprint density at radius 3 is 2.11 bits per heavy atom. The molecule has 7 nitrogen and oxygen atoms in total. The van der Waals surface area contributed by atoms with Gasteiger partial charge in [0.05, 0.1) is 14.7 Å². The molecule has 1 aliphatic heterocycles. The number of rotatable bonds is 9. The van der Waals surface area contributed by atoms with E-state index >= 15 is 0 Å². The van der Waals surface area contributed by atoms with Gasteiger partial charge in [0.2, 0.25) is 0 Å². The zero-order valence-electron chi connectivity index (χ0n) is 20.9. The molecule has 1 aliphatic rings. The molecule has 0 aliphatic carbocycles. The van der Waals surface area contributed by atoms with Crippen molar-refractivity contribution in [2.45, 2.75) is 45.8 Å². The standard InChI is InChI=1S/C27H31NO6S4/c1-37(31,32)25-9-3-6-22(18-25)27(23-7-4-10-26(19-23)38(33,34)35)13-16-28-14-11-20(12-15-28)21-5-2-8-24(17-21)36(29)30/h2-10,17-20,27H,11-16H2,1H3,(H,29,30)(H,33,34,35). The van der Waals surface area contributed by atoms with E-state index < -0.39 is 29.7 Å². The summed E-state index contributed by atoms with van der Waals surface area (Å²) in [5.41, 5.74) is 2.71. The summed E-state index contributed by atoms with van der Waals surface area (Å²) in [6.07, 6.45) is 3.71. The topological polar surface area (TPSA) is 112 Å². The Balaban J connectivity index is 1.53. The molecule has 204 valence electrons. The molecule has 0 saturated carbocycles. The molecule has 3 aromatic carbocycles. The summed E-state index contributed by atoms with van der Waals surface area (Å²) >= 11 is 2.79. The molecule has 0 amide bonds. The van der Waals surface area contributed by atoms with Crippen molar-refractivity contribution in [3.63, 3.8) is 0 Å². The Bertz CT molecular complexity index is 1450. The summed E-state index contributed by atoms with van der Waals surface area (Å²) in [6.45, 7) is 2.49. The highest BCUT2D eigenvalue weighted by Gasteiger charge is 2.24. The molecule has 3 unspecified atom stereocenters. The average molecular weight is 594 g/mol. The zero-order chi connectivity index (χ0) is 27.5. The second-order valence-electron chi connectivity index (χ2n) is 9.67. The van der Waals surface area contributed by atoms with Crippen LogP contribution in [-0.2, 0) is 40.9 Å². The van der Waals surface area contributed by atoms with E-state index in [-0.39, 0.29) is 15.7 Å². The highest BCUT2D eigenvalue weighted by atomic mass is 32.8. The van der Waals surface area contributed by atoms with Crippen LogP contribution in [0.5, 0.6) is 0 Å². The minimum absolute atomic E-state index is 0.168. The van der Waals surface area contributed by atoms with Crippen molar-refractivity contribution < 1.29 is 25.9 Å². The number of hydrogen-bond donors (Lipinski definition) is 2. The lowest BCUT2D eigenvalue weighted by molar-refractivity contribution is 0.207. The van der Waals surface area contributed by atoms with E-state index in [2.05, 4.69) is 4.90 Å². The van der Waals surface area contributed by atoms with E-state index in [1.165, 1.54) is 12.3 Å². The molecular formula is C27H31NO6S4. The van der Waals surface area contributed by atoms with Gasteiger partial charge in [0.15, 0.2) is 29.7 Å². The van der Waals surface area contributed by atoms with Gasteiger partial charge in [-0.05, 0) is 97.9 Å². The maximum Gasteiger partial charge on any atom is 0.186 e. The van der Waals surface area contributed by atoms with Gasteiger partial charge in [-0.1, -0.05) is 36.4 Å². The molecule has 38 heavy (non-hydrogen) atoms. The van der Waals surface area contributed by atoms with Crippen molar-refractivity contribution >= 4 is 40.9 Å². The van der Waals surface area contributed by atoms with Gasteiger partial charge in [-0.3, -0.25) is 0 Å². The van der Waals surface area contributed by atoms with Gasteiger partial charge in [0.25, 0.3) is 0 Å². The highest BCUT2D eigenvalue weighted by molar-refractivity contribution is 8.29. The molecule has 1 fully saturated rings. The maximum absolute atomic E-state index is 12.2. The van der Waals surface area contributed by atoms with Crippen LogP contribution in [0.4, 0.5) is 0 Å². The predicted octanol–water partition coefficient (Wildman–Crippen LogP) is 4.65. The van der Waals surface area contributed by atoms with E-state index in [4.69, 9.17) is 11.2 Å². The molecule has 0 bridgehead atoms. The molecule has 1 heterocycles. The minimum Gasteiger partial charge on any atom is -0.303 e. The Labute approximate surface area is 232 Å². The highest BCUT2D eigenvalue weighted by Crippen LogP contribution is 2.33. The number of likely N-dealkylation sites (tertiary alicyclic amines) is 1. The van der Waals surface area contributed by atoms with E-state index in [9.17, 15) is 25.9 Å². The summed E-state index contributed by atoms with van der Waals surface area (Å²) in [4.78, 5) is 3.18. The lowest BCUT2D eigenvalue weighted by Crippen LogP contribution is -2.34. The van der Waals surface area contributed by atoms with Crippen molar-refractivity contribution in [2.75, 3.05) is 25.9 Å². The molecule has 1 saturated heterocycles. The molecule has 2 N–H and O–H groups in total. The van der Waals surface area contributed by atoms with Crippen LogP contribution >= 0.6 is 0 Å². The van der Waals surface area contributed by atoms with E-state index in [1.807, 2.05) is 30.3 Å². The van der Waals surface area contributed by atoms with Gasteiger partial charge in [0, 0.05) is 23.4 Å². The molecular weight excluding hydrogens is 563 g/mol. The summed E-state index contributed by atoms with van der Waals surface area (Å²) < 4.78 is 67.4. The normalized spacial score (nSPS) is 18.5. The van der Waals surface area contributed by atoms with Crippen LogP contribution in [0.1, 0.15) is 47.8 Å². The maximum atomic E-state index is 12.2. The molecule has 0 aromatic heterocycles. The van der Waals surface area contributed by atoms with Gasteiger partial charge in [-0.15, -0.1) is 0 Å². The fourth-order valence-electron chi connectivity index (χ4n) is 5.06. The molecule has 11 heteroatoms. The summed E-state index contributed by atoms with van der Waals surface area (Å²) in [5, 5.41) is 0. The smallest absolute Gasteiger partial charge is 0.186 e. The first-order valence-corrected chi connectivity index (χ1v) is 17.7. The monoisotopic (exact) mass is 593 g/mol. The summed E-state index contributed by atoms with van der Waals surface area (Å²) in [7, 11) is -6.95. The summed E-state index contributed by atoms with van der Waals surface area (Å²) in [5.74, 6) is 0.126. The van der Waals surface area contributed by atoms with Crippen LogP contribution in [0.15, 0.2) is 87.5 Å². The molecule has 4 rings (SSSR count). The third-order valence-electron chi connectivity index (χ3n) is 7.10. The number of piperidine rings is 1. The van der Waals surface area contributed by atoms with E-state index in [1.54, 1.807) is 36.4 Å². The predicted molar refractivity (Wildman–Crippen MR) is 153 cm³/mol. The second-order valence-corrected chi connectivity index (χ2v) is 15.4. The van der Waals surface area contributed by atoms with Gasteiger partial charge >= 0.3 is 0 Å². The van der Waals surface area contributed by atoms with Crippen LogP contribution in [0.3, 0.4) is 0 Å². The van der Waals surface area contributed by atoms with Crippen LogP contribution in [0, 0.1) is 0 Å². The minimum atomic E-state index is -3.56. The molecule has 0 spiro atoms. The van der Waals surface area contributed by atoms with E-state index in [0.717, 1.165) is 49.2 Å². The van der Waals surface area contributed by atoms with Crippen LogP contribution in [-0.4, -0.2) is 56.7 Å². The first kappa shape index (κ1) is 29.0. The van der Waals surface area contributed by atoms with Crippen molar-refractivity contribution in [3.8, 4) is 0 Å². The van der Waals surface area contributed by atoms with Gasteiger partial charge in [-0.2, -0.15) is 0 Å². The number of sulfone groups is 1. The van der Waals surface area contributed by atoms with Gasteiger partial charge < -0.3 is 14.0 Å². The fourth-order valence-corrected chi connectivity index (χ4v) is 7.01. The third kappa shape index (κ3) is 7.35. The Hall–Kier alpha value is -1.99. The zero-order valence-corrected chi connectivity index (χ0v) is 24.2. The third-order valence-corrected chi connectivity index (χ3v) is 10.3. The van der Waals surface area contributed by atoms with Crippen molar-refractivity contribution in [1.29, 1.82) is 0 Å². The largest absolute Gasteiger partial charge is 0.303 e. The van der Waals surface area contributed by atoms with Gasteiger partial charge in [0.1, 0.15) is 0 Å². The average Bonchev–Trinajstić information content (AvgIpc) is 2.89. The Kier molecular flexibility index (Phi) is 9.18. The van der Waals surface area contributed by atoms with Crippen molar-refractivity contribution in [1.82, 2.24) is 4.90 Å². The van der Waals surface area contributed by atoms with Crippen LogP contribution in [0.25, 0.3) is 0 Å². The number of benzene rings is 3. The fraction of sp³-hybridized carbons (Fsp3) is 0.333. The van der Waals surface area contributed by atoms with Crippen molar-refractivity contribution in [2.24, 2.45) is 0 Å². The number of hydrogen-bond acceptors (Lipinski definition) is 6. The van der Waals surface area contributed by atoms with Crippen LogP contribution < -0.4 is 0 Å². The first-order valence-electron chi connectivity index (χ1n) is 12.2. The second kappa shape index (κ2) is 12.0. The Morgan fingerprint density at radius 1 is 0.947 bits per heavy atom. The molecule has 3 aromatic rings. The molecule has 3 atom stereocenters. The van der Waals surface area contributed by atoms with Crippen molar-refractivity contribution in [3.05, 3.63) is 89.5 Å². The SMILES string of the molecule is CS(=O)(=O)c1cccc(C(CCN2CCC(c3cccc(S(=O)O)c3)CC2)c2cccc(S(=O)(O)=S)c2)c1. The lowest BCUT2D eigenvalue weighted by atomic mass is 9.87.